The van der Waals surface area contributed by atoms with E-state index in [4.69, 9.17) is 9.84 Å². The molecule has 0 saturated heterocycles. The molecule has 0 unspecified atom stereocenters. The Morgan fingerprint density at radius 1 is 1.13 bits per heavy atom. The lowest BCUT2D eigenvalue weighted by molar-refractivity contribution is -0.137. The molecule has 38 heavy (non-hydrogen) atoms. The Labute approximate surface area is 218 Å². The summed E-state index contributed by atoms with van der Waals surface area (Å²) in [6.07, 6.45) is 4.86. The minimum Gasteiger partial charge on any atom is -0.473 e. The van der Waals surface area contributed by atoms with Gasteiger partial charge in [0, 0.05) is 63.3 Å². The van der Waals surface area contributed by atoms with Crippen molar-refractivity contribution in [3.63, 3.8) is 0 Å². The highest BCUT2D eigenvalue weighted by atomic mass is 19.4. The van der Waals surface area contributed by atoms with Crippen LogP contribution in [-0.2, 0) is 13.2 Å². The Balaban J connectivity index is 1.40. The van der Waals surface area contributed by atoms with Gasteiger partial charge in [-0.05, 0) is 38.7 Å². The zero-order valence-corrected chi connectivity index (χ0v) is 21.8. The molecule has 1 N–H and O–H groups in total. The molecule has 4 heterocycles. The molecule has 1 aliphatic carbocycles. The van der Waals surface area contributed by atoms with Gasteiger partial charge < -0.3 is 15.0 Å². The first kappa shape index (κ1) is 25.8. The number of alkyl halides is 3. The number of hydrogen-bond donors (Lipinski definition) is 1. The van der Waals surface area contributed by atoms with Crippen LogP contribution in [0.5, 0.6) is 5.88 Å². The van der Waals surface area contributed by atoms with E-state index in [-0.39, 0.29) is 23.7 Å². The molecular weight excluding hydrogens is 497 g/mol. The molecule has 0 spiro atoms. The number of halogens is 3. The zero-order valence-electron chi connectivity index (χ0n) is 21.8. The van der Waals surface area contributed by atoms with Crippen molar-refractivity contribution in [3.8, 4) is 17.1 Å². The summed E-state index contributed by atoms with van der Waals surface area (Å²) in [6.45, 7) is 2.77. The van der Waals surface area contributed by atoms with Crippen LogP contribution in [-0.4, -0.2) is 56.3 Å². The smallest absolute Gasteiger partial charge is 0.418 e. The molecule has 0 bridgehead atoms. The number of hydrogen-bond acceptors (Lipinski definition) is 7. The molecule has 0 amide bonds. The van der Waals surface area contributed by atoms with Crippen LogP contribution in [0.2, 0.25) is 0 Å². The van der Waals surface area contributed by atoms with Crippen molar-refractivity contribution in [2.24, 2.45) is 7.05 Å². The Kier molecular flexibility index (Phi) is 6.89. The van der Waals surface area contributed by atoms with Gasteiger partial charge in [0.2, 0.25) is 5.88 Å². The van der Waals surface area contributed by atoms with Crippen LogP contribution >= 0.6 is 0 Å². The average molecular weight is 529 g/mol. The summed E-state index contributed by atoms with van der Waals surface area (Å²) in [4.78, 5) is 10.1. The molecule has 0 radical (unpaired) electrons. The minimum absolute atomic E-state index is 0.0121. The van der Waals surface area contributed by atoms with E-state index in [0.717, 1.165) is 59.6 Å². The molecule has 5 rings (SSSR count). The van der Waals surface area contributed by atoms with E-state index in [1.54, 1.807) is 25.0 Å². The van der Waals surface area contributed by atoms with Crippen molar-refractivity contribution >= 4 is 22.4 Å². The molecule has 0 atom stereocenters. The molecular formula is C26H31F3N8O. The predicted molar refractivity (Wildman–Crippen MR) is 139 cm³/mol. The van der Waals surface area contributed by atoms with E-state index in [1.807, 2.05) is 32.4 Å². The van der Waals surface area contributed by atoms with Crippen LogP contribution in [0.4, 0.5) is 24.7 Å². The summed E-state index contributed by atoms with van der Waals surface area (Å²) in [7, 11) is 5.00. The molecule has 12 heteroatoms. The quantitative estimate of drug-likeness (QED) is 0.348. The first-order chi connectivity index (χ1) is 18.2. The standard InChI is InChI=1S/C26H31F3N8O/c1-5-30-22-12-21-19(14-32-22)23(16-13-33-36(4)15-16)34-37(21)17-6-8-18(9-7-17)38-25-24(35(2)3)20(10-11-31-25)26(27,28)29/h10-15,17-18H,5-9H2,1-4H3,(H,30,32). The Hall–Kier alpha value is -3.83. The molecule has 0 aromatic carbocycles. The van der Waals surface area contributed by atoms with Crippen molar-refractivity contribution < 1.29 is 17.9 Å². The maximum Gasteiger partial charge on any atom is 0.418 e. The van der Waals surface area contributed by atoms with Gasteiger partial charge in [0.1, 0.15) is 23.3 Å². The van der Waals surface area contributed by atoms with Crippen LogP contribution in [0.25, 0.3) is 22.2 Å². The van der Waals surface area contributed by atoms with Gasteiger partial charge in [0.15, 0.2) is 0 Å². The fourth-order valence-corrected chi connectivity index (χ4v) is 5.09. The molecule has 1 fully saturated rings. The van der Waals surface area contributed by atoms with Crippen LogP contribution in [0.3, 0.4) is 0 Å². The van der Waals surface area contributed by atoms with Gasteiger partial charge in [-0.2, -0.15) is 23.4 Å². The highest BCUT2D eigenvalue weighted by molar-refractivity contribution is 5.93. The lowest BCUT2D eigenvalue weighted by Crippen LogP contribution is -2.28. The van der Waals surface area contributed by atoms with Gasteiger partial charge in [0.05, 0.1) is 23.3 Å². The third-order valence-electron chi connectivity index (χ3n) is 6.84. The van der Waals surface area contributed by atoms with Gasteiger partial charge in [-0.25, -0.2) is 9.97 Å². The highest BCUT2D eigenvalue weighted by Gasteiger charge is 2.37. The summed E-state index contributed by atoms with van der Waals surface area (Å²) < 4.78 is 50.7. The molecule has 4 aromatic heterocycles. The first-order valence-corrected chi connectivity index (χ1v) is 12.7. The molecule has 1 saturated carbocycles. The fourth-order valence-electron chi connectivity index (χ4n) is 5.09. The first-order valence-electron chi connectivity index (χ1n) is 12.7. The second kappa shape index (κ2) is 10.1. The average Bonchev–Trinajstić information content (AvgIpc) is 3.47. The van der Waals surface area contributed by atoms with E-state index in [2.05, 4.69) is 25.1 Å². The van der Waals surface area contributed by atoms with Crippen LogP contribution < -0.4 is 15.0 Å². The topological polar surface area (TPSA) is 85.9 Å². The number of aryl methyl sites for hydroxylation is 1. The molecule has 0 aliphatic heterocycles. The predicted octanol–water partition coefficient (Wildman–Crippen LogP) is 5.31. The molecule has 202 valence electrons. The van der Waals surface area contributed by atoms with E-state index >= 15 is 0 Å². The molecule has 4 aromatic rings. The monoisotopic (exact) mass is 528 g/mol. The maximum atomic E-state index is 13.6. The van der Waals surface area contributed by atoms with E-state index in [1.165, 1.54) is 4.90 Å². The minimum atomic E-state index is -4.49. The lowest BCUT2D eigenvalue weighted by Gasteiger charge is -2.30. The number of aromatic nitrogens is 6. The van der Waals surface area contributed by atoms with E-state index < -0.39 is 11.7 Å². The summed E-state index contributed by atoms with van der Waals surface area (Å²) in [5.41, 5.74) is 1.92. The SMILES string of the molecule is CCNc1cc2c(cn1)c(-c1cnn(C)c1)nn2C1CCC(Oc2nccc(C(F)(F)F)c2N(C)C)CC1. The number of pyridine rings is 2. The van der Waals surface area contributed by atoms with Gasteiger partial charge in [-0.3, -0.25) is 9.36 Å². The summed E-state index contributed by atoms with van der Waals surface area (Å²) in [6, 6.07) is 3.12. The van der Waals surface area contributed by atoms with Gasteiger partial charge in [0.25, 0.3) is 0 Å². The van der Waals surface area contributed by atoms with Crippen LogP contribution in [0.1, 0.15) is 44.2 Å². The van der Waals surface area contributed by atoms with Gasteiger partial charge in [-0.1, -0.05) is 0 Å². The maximum absolute atomic E-state index is 13.6. The highest BCUT2D eigenvalue weighted by Crippen LogP contribution is 2.42. The summed E-state index contributed by atoms with van der Waals surface area (Å²) in [5.74, 6) is 0.792. The number of nitrogens with zero attached hydrogens (tertiary/aromatic N) is 7. The number of fused-ring (bicyclic) bond motifs is 1. The fraction of sp³-hybridized carbons (Fsp3) is 0.462. The Bertz CT molecular complexity index is 1420. The number of nitrogens with one attached hydrogen (secondary N) is 1. The van der Waals surface area contributed by atoms with E-state index in [9.17, 15) is 13.2 Å². The Morgan fingerprint density at radius 3 is 2.53 bits per heavy atom. The molecule has 9 nitrogen and oxygen atoms in total. The normalized spacial score (nSPS) is 18.1. The van der Waals surface area contributed by atoms with Crippen molar-refractivity contribution in [1.82, 2.24) is 29.5 Å². The van der Waals surface area contributed by atoms with Crippen molar-refractivity contribution in [1.29, 1.82) is 0 Å². The lowest BCUT2D eigenvalue weighted by atomic mass is 9.93. The van der Waals surface area contributed by atoms with Gasteiger partial charge >= 0.3 is 6.18 Å². The van der Waals surface area contributed by atoms with Gasteiger partial charge in [-0.15, -0.1) is 0 Å². The second-order valence-electron chi connectivity index (χ2n) is 9.77. The zero-order chi connectivity index (χ0) is 27.0. The van der Waals surface area contributed by atoms with Crippen molar-refractivity contribution in [2.75, 3.05) is 30.9 Å². The number of anilines is 2. The third-order valence-corrected chi connectivity index (χ3v) is 6.84. The Morgan fingerprint density at radius 2 is 1.89 bits per heavy atom. The summed E-state index contributed by atoms with van der Waals surface area (Å²) in [5, 5.41) is 13.5. The third kappa shape index (κ3) is 4.99. The van der Waals surface area contributed by atoms with Crippen LogP contribution in [0.15, 0.2) is 36.9 Å². The number of ether oxygens (including phenoxy) is 1. The van der Waals surface area contributed by atoms with E-state index in [0.29, 0.717) is 12.8 Å². The van der Waals surface area contributed by atoms with Crippen molar-refractivity contribution in [2.45, 2.75) is 50.9 Å². The molecule has 1 aliphatic rings. The van der Waals surface area contributed by atoms with Crippen molar-refractivity contribution in [3.05, 3.63) is 42.5 Å². The number of rotatable bonds is 7. The largest absolute Gasteiger partial charge is 0.473 e. The van der Waals surface area contributed by atoms with Crippen LogP contribution in [0, 0.1) is 0 Å². The second-order valence-corrected chi connectivity index (χ2v) is 9.77. The summed E-state index contributed by atoms with van der Waals surface area (Å²) >= 11 is 0.